The van der Waals surface area contributed by atoms with Gasteiger partial charge < -0.3 is 10.1 Å². The maximum absolute atomic E-state index is 12.9. The van der Waals surface area contributed by atoms with E-state index < -0.39 is 23.7 Å². The Labute approximate surface area is 172 Å². The topological polar surface area (TPSA) is 96.5 Å². The second kappa shape index (κ2) is 11.1. The van der Waals surface area contributed by atoms with Crippen molar-refractivity contribution in [2.75, 3.05) is 16.8 Å². The molecule has 1 unspecified atom stereocenters. The number of benzene rings is 2. The fourth-order valence-corrected chi connectivity index (χ4v) is 2.81. The molecule has 0 saturated carbocycles. The summed E-state index contributed by atoms with van der Waals surface area (Å²) >= 11 is 1.11. The normalized spacial score (nSPS) is 11.3. The Morgan fingerprint density at radius 1 is 1.03 bits per heavy atom. The predicted molar refractivity (Wildman–Crippen MR) is 110 cm³/mol. The minimum atomic E-state index is -0.895. The molecule has 1 atom stereocenters. The van der Waals surface area contributed by atoms with Crippen LogP contribution in [0, 0.1) is 12.7 Å². The van der Waals surface area contributed by atoms with Crippen LogP contribution in [0.4, 0.5) is 10.1 Å². The van der Waals surface area contributed by atoms with Gasteiger partial charge in [0.1, 0.15) is 11.6 Å². The number of aryl methyl sites for hydroxylation is 1. The molecular weight excluding hydrogens is 397 g/mol. The Hall–Kier alpha value is -3.07. The average molecular weight is 419 g/mol. The van der Waals surface area contributed by atoms with Crippen LogP contribution in [0.15, 0.2) is 48.5 Å². The summed E-state index contributed by atoms with van der Waals surface area (Å²) in [7, 11) is 0. The van der Waals surface area contributed by atoms with Gasteiger partial charge in [0.2, 0.25) is 11.8 Å². The zero-order valence-corrected chi connectivity index (χ0v) is 16.8. The number of hydrogen-bond acceptors (Lipinski definition) is 5. The van der Waals surface area contributed by atoms with Crippen molar-refractivity contribution in [1.29, 1.82) is 0 Å². The van der Waals surface area contributed by atoms with Gasteiger partial charge in [0.15, 0.2) is 6.10 Å². The average Bonchev–Trinajstić information content (AvgIpc) is 2.67. The maximum atomic E-state index is 12.9. The number of carbonyl (C=O) groups is 3. The highest BCUT2D eigenvalue weighted by atomic mass is 32.2. The Balaban J connectivity index is 1.63. The van der Waals surface area contributed by atoms with Gasteiger partial charge in [-0.3, -0.25) is 25.2 Å². The molecule has 0 fully saturated rings. The van der Waals surface area contributed by atoms with Crippen LogP contribution in [0.25, 0.3) is 0 Å². The van der Waals surface area contributed by atoms with Crippen molar-refractivity contribution in [1.82, 2.24) is 10.9 Å². The number of thioether (sulfide) groups is 1. The van der Waals surface area contributed by atoms with Gasteiger partial charge in [-0.2, -0.15) is 0 Å². The third-order valence-electron chi connectivity index (χ3n) is 3.59. The highest BCUT2D eigenvalue weighted by molar-refractivity contribution is 8.00. The standard InChI is InChI=1S/C20H22FN3O4S/c1-13-4-3-5-16(10-13)22-18(25)11-29-12-19(26)23-24-20(27)14(2)28-17-8-6-15(21)7-9-17/h3-10,14H,11-12H2,1-2H3,(H,22,25)(H,23,26)(H,24,27). The number of ether oxygens (including phenoxy) is 1. The van der Waals surface area contributed by atoms with Gasteiger partial charge in [-0.05, 0) is 55.8 Å². The molecule has 7 nitrogen and oxygen atoms in total. The molecule has 2 aromatic rings. The molecule has 2 rings (SSSR count). The highest BCUT2D eigenvalue weighted by Gasteiger charge is 2.15. The van der Waals surface area contributed by atoms with E-state index in [1.807, 2.05) is 25.1 Å². The molecule has 0 aliphatic rings. The Kier molecular flexibility index (Phi) is 8.47. The van der Waals surface area contributed by atoms with Crippen LogP contribution >= 0.6 is 11.8 Å². The molecule has 0 spiro atoms. The van der Waals surface area contributed by atoms with E-state index in [0.717, 1.165) is 17.3 Å². The van der Waals surface area contributed by atoms with Crippen molar-refractivity contribution in [3.8, 4) is 5.75 Å². The van der Waals surface area contributed by atoms with Crippen LogP contribution in [0.1, 0.15) is 12.5 Å². The van der Waals surface area contributed by atoms with Crippen molar-refractivity contribution in [3.05, 3.63) is 59.9 Å². The van der Waals surface area contributed by atoms with Gasteiger partial charge in [0, 0.05) is 5.69 Å². The maximum Gasteiger partial charge on any atom is 0.279 e. The molecule has 2 aromatic carbocycles. The second-order valence-corrected chi connectivity index (χ2v) is 7.15. The number of hydrazine groups is 1. The molecular formula is C20H22FN3O4S. The Morgan fingerprint density at radius 3 is 2.41 bits per heavy atom. The van der Waals surface area contributed by atoms with E-state index in [4.69, 9.17) is 4.74 Å². The van der Waals surface area contributed by atoms with E-state index in [2.05, 4.69) is 16.2 Å². The largest absolute Gasteiger partial charge is 0.481 e. The molecule has 3 N–H and O–H groups in total. The summed E-state index contributed by atoms with van der Waals surface area (Å²) in [4.78, 5) is 35.6. The predicted octanol–water partition coefficient (Wildman–Crippen LogP) is 2.42. The number of rotatable bonds is 8. The third-order valence-corrected chi connectivity index (χ3v) is 4.52. The molecule has 0 aliphatic heterocycles. The van der Waals surface area contributed by atoms with E-state index >= 15 is 0 Å². The third kappa shape index (κ3) is 8.22. The van der Waals surface area contributed by atoms with E-state index in [-0.39, 0.29) is 17.4 Å². The van der Waals surface area contributed by atoms with Crippen LogP contribution in [-0.4, -0.2) is 35.3 Å². The minimum Gasteiger partial charge on any atom is -0.481 e. The van der Waals surface area contributed by atoms with E-state index in [1.165, 1.54) is 31.2 Å². The lowest BCUT2D eigenvalue weighted by Gasteiger charge is -2.15. The number of amides is 3. The highest BCUT2D eigenvalue weighted by Crippen LogP contribution is 2.13. The lowest BCUT2D eigenvalue weighted by atomic mass is 10.2. The lowest BCUT2D eigenvalue weighted by molar-refractivity contribution is -0.131. The number of anilines is 1. The minimum absolute atomic E-state index is 0.00524. The molecule has 29 heavy (non-hydrogen) atoms. The summed E-state index contributed by atoms with van der Waals surface area (Å²) in [6.45, 7) is 3.42. The molecule has 0 heterocycles. The quantitative estimate of drug-likeness (QED) is 0.571. The van der Waals surface area contributed by atoms with Crippen LogP contribution in [0.5, 0.6) is 5.75 Å². The van der Waals surface area contributed by atoms with Crippen molar-refractivity contribution in [2.45, 2.75) is 20.0 Å². The first-order valence-corrected chi connectivity index (χ1v) is 9.94. The Bertz CT molecular complexity index is 861. The zero-order valence-electron chi connectivity index (χ0n) is 16.0. The van der Waals surface area contributed by atoms with Gasteiger partial charge >= 0.3 is 0 Å². The summed E-state index contributed by atoms with van der Waals surface area (Å²) in [6.07, 6.45) is -0.895. The monoisotopic (exact) mass is 419 g/mol. The van der Waals surface area contributed by atoms with E-state index in [0.29, 0.717) is 11.4 Å². The van der Waals surface area contributed by atoms with Crippen molar-refractivity contribution < 1.29 is 23.5 Å². The molecule has 0 saturated heterocycles. The van der Waals surface area contributed by atoms with Gasteiger partial charge in [0.05, 0.1) is 11.5 Å². The van der Waals surface area contributed by atoms with Crippen molar-refractivity contribution in [2.24, 2.45) is 0 Å². The van der Waals surface area contributed by atoms with Gasteiger partial charge in [0.25, 0.3) is 5.91 Å². The second-order valence-electron chi connectivity index (χ2n) is 6.16. The van der Waals surface area contributed by atoms with Crippen LogP contribution in [0.3, 0.4) is 0 Å². The number of carbonyl (C=O) groups excluding carboxylic acids is 3. The summed E-state index contributed by atoms with van der Waals surface area (Å²) in [5.41, 5.74) is 6.23. The Morgan fingerprint density at radius 2 is 1.72 bits per heavy atom. The van der Waals surface area contributed by atoms with Crippen molar-refractivity contribution >= 4 is 35.2 Å². The molecule has 0 aliphatic carbocycles. The lowest BCUT2D eigenvalue weighted by Crippen LogP contribution is -2.47. The van der Waals surface area contributed by atoms with Gasteiger partial charge in [-0.15, -0.1) is 11.8 Å². The first-order valence-electron chi connectivity index (χ1n) is 8.78. The summed E-state index contributed by atoms with van der Waals surface area (Å²) in [5, 5.41) is 2.75. The van der Waals surface area contributed by atoms with E-state index in [1.54, 1.807) is 6.07 Å². The molecule has 0 bridgehead atoms. The molecule has 154 valence electrons. The smallest absolute Gasteiger partial charge is 0.279 e. The first-order chi connectivity index (χ1) is 13.8. The van der Waals surface area contributed by atoms with Gasteiger partial charge in [-0.25, -0.2) is 4.39 Å². The molecule has 0 radical (unpaired) electrons. The summed E-state index contributed by atoms with van der Waals surface area (Å²) in [6, 6.07) is 12.6. The van der Waals surface area contributed by atoms with Crippen LogP contribution < -0.4 is 20.9 Å². The summed E-state index contributed by atoms with van der Waals surface area (Å²) < 4.78 is 18.2. The van der Waals surface area contributed by atoms with Crippen LogP contribution in [-0.2, 0) is 14.4 Å². The number of nitrogens with one attached hydrogen (secondary N) is 3. The van der Waals surface area contributed by atoms with E-state index in [9.17, 15) is 18.8 Å². The van der Waals surface area contributed by atoms with Gasteiger partial charge in [-0.1, -0.05) is 12.1 Å². The number of hydrogen-bond donors (Lipinski definition) is 3. The fourth-order valence-electron chi connectivity index (χ4n) is 2.20. The van der Waals surface area contributed by atoms with Crippen LogP contribution in [0.2, 0.25) is 0 Å². The molecule has 9 heteroatoms. The molecule has 3 amide bonds. The fraction of sp³-hybridized carbons (Fsp3) is 0.250. The zero-order chi connectivity index (χ0) is 21.2. The molecule has 0 aromatic heterocycles. The first kappa shape index (κ1) is 22.2. The SMILES string of the molecule is Cc1cccc(NC(=O)CSCC(=O)NNC(=O)C(C)Oc2ccc(F)cc2)c1. The van der Waals surface area contributed by atoms with Crippen molar-refractivity contribution in [3.63, 3.8) is 0 Å². The number of halogens is 1. The summed E-state index contributed by atoms with van der Waals surface area (Å²) in [5.74, 6) is -1.24.